The molecule has 29 heavy (non-hydrogen) atoms. The van der Waals surface area contributed by atoms with Crippen molar-refractivity contribution in [3.8, 4) is 11.5 Å². The third kappa shape index (κ3) is 3.46. The highest BCUT2D eigenvalue weighted by Crippen LogP contribution is 2.38. The monoisotopic (exact) mass is 410 g/mol. The lowest BCUT2D eigenvalue weighted by molar-refractivity contribution is -0.119. The smallest absolute Gasteiger partial charge is 0.256 e. The van der Waals surface area contributed by atoms with Gasteiger partial charge >= 0.3 is 0 Å². The van der Waals surface area contributed by atoms with Crippen LogP contribution in [0.2, 0.25) is 0 Å². The predicted octanol–water partition coefficient (Wildman–Crippen LogP) is 4.10. The van der Waals surface area contributed by atoms with Crippen LogP contribution < -0.4 is 14.4 Å². The van der Waals surface area contributed by atoms with Gasteiger partial charge in [0.1, 0.15) is 6.04 Å². The third-order valence-corrected chi connectivity index (χ3v) is 6.21. The van der Waals surface area contributed by atoms with Crippen LogP contribution in [0, 0.1) is 0 Å². The van der Waals surface area contributed by atoms with Crippen LogP contribution in [0.1, 0.15) is 36.5 Å². The van der Waals surface area contributed by atoms with Crippen molar-refractivity contribution in [2.24, 2.45) is 0 Å². The summed E-state index contributed by atoms with van der Waals surface area (Å²) in [6.45, 7) is 2.78. The number of unbranched alkanes of at least 4 members (excludes halogenated alkanes) is 1. The van der Waals surface area contributed by atoms with E-state index in [0.29, 0.717) is 29.6 Å². The predicted molar refractivity (Wildman–Crippen MR) is 118 cm³/mol. The van der Waals surface area contributed by atoms with Crippen LogP contribution in [-0.2, 0) is 24.2 Å². The number of methoxy groups -OCH3 is 2. The number of nitrogens with zero attached hydrogens (tertiary/aromatic N) is 2. The highest BCUT2D eigenvalue weighted by molar-refractivity contribution is 7.80. The number of thiocarbonyl (C=S) groups is 1. The van der Waals surface area contributed by atoms with E-state index in [1.807, 2.05) is 29.2 Å². The number of amides is 1. The molecule has 2 heterocycles. The molecule has 2 aromatic rings. The van der Waals surface area contributed by atoms with Crippen molar-refractivity contribution in [1.82, 2.24) is 4.90 Å². The number of fused-ring (bicyclic) bond motifs is 2. The molecule has 0 radical (unpaired) electrons. The molecule has 5 nitrogen and oxygen atoms in total. The molecule has 0 aliphatic carbocycles. The average molecular weight is 411 g/mol. The lowest BCUT2D eigenvalue weighted by atomic mass is 9.94. The maximum absolute atomic E-state index is 13.2. The Morgan fingerprint density at radius 3 is 2.34 bits per heavy atom. The quantitative estimate of drug-likeness (QED) is 0.671. The number of ether oxygens (including phenoxy) is 2. The number of carbonyl (C=O) groups is 1. The average Bonchev–Trinajstić information content (AvgIpc) is 2.99. The summed E-state index contributed by atoms with van der Waals surface area (Å²) >= 11 is 5.71. The Kier molecular flexibility index (Phi) is 5.46. The maximum Gasteiger partial charge on any atom is 0.256 e. The first kappa shape index (κ1) is 19.7. The Labute approximate surface area is 177 Å². The van der Waals surface area contributed by atoms with Gasteiger partial charge in [0.25, 0.3) is 5.91 Å². The molecular weight excluding hydrogens is 384 g/mol. The Balaban J connectivity index is 1.60. The fourth-order valence-electron chi connectivity index (χ4n) is 4.14. The molecule has 2 aromatic carbocycles. The lowest BCUT2D eigenvalue weighted by Gasteiger charge is -2.31. The molecule has 0 unspecified atom stereocenters. The molecule has 0 saturated carbocycles. The molecular formula is C23H26N2O3S. The summed E-state index contributed by atoms with van der Waals surface area (Å²) in [6.07, 6.45) is 4.01. The Hall–Kier alpha value is -2.60. The van der Waals surface area contributed by atoms with Crippen LogP contribution in [0.4, 0.5) is 5.69 Å². The van der Waals surface area contributed by atoms with Crippen LogP contribution in [0.5, 0.6) is 11.5 Å². The normalized spacial score (nSPS) is 18.0. The summed E-state index contributed by atoms with van der Waals surface area (Å²) in [7, 11) is 3.26. The Bertz CT molecular complexity index is 891. The molecule has 4 rings (SSSR count). The van der Waals surface area contributed by atoms with Gasteiger partial charge in [-0.05, 0) is 66.0 Å². The minimum absolute atomic E-state index is 0.0387. The Morgan fingerprint density at radius 2 is 1.72 bits per heavy atom. The lowest BCUT2D eigenvalue weighted by Crippen LogP contribution is -2.40. The number of carbonyl (C=O) groups excluding carboxylic acids is 1. The first-order chi connectivity index (χ1) is 14.1. The molecule has 2 aliphatic heterocycles. The highest BCUT2D eigenvalue weighted by atomic mass is 32.1. The van der Waals surface area contributed by atoms with Gasteiger partial charge in [-0.1, -0.05) is 25.5 Å². The molecule has 6 heteroatoms. The highest BCUT2D eigenvalue weighted by Gasteiger charge is 2.45. The molecule has 0 spiro atoms. The number of hydrogen-bond acceptors (Lipinski definition) is 4. The van der Waals surface area contributed by atoms with E-state index in [9.17, 15) is 4.79 Å². The van der Waals surface area contributed by atoms with E-state index < -0.39 is 0 Å². The standard InChI is InChI=1S/C23H26N2O3S/c1-4-5-6-15-7-9-18(10-8-15)25-22(26)19-11-16-12-20(27-2)21(28-3)13-17(16)14-24(19)23(25)29/h7-10,12-13,19H,4-6,11,14H2,1-3H3/t19-/m1/s1. The number of aryl methyl sites for hydroxylation is 1. The van der Waals surface area contributed by atoms with Gasteiger partial charge in [0.2, 0.25) is 0 Å². The van der Waals surface area contributed by atoms with Crippen molar-refractivity contribution in [1.29, 1.82) is 0 Å². The number of benzene rings is 2. The molecule has 1 amide bonds. The SMILES string of the molecule is CCCCc1ccc(N2C(=O)[C@H]3Cc4cc(OC)c(OC)cc4CN3C2=S)cc1. The molecule has 152 valence electrons. The topological polar surface area (TPSA) is 42.0 Å². The molecule has 1 saturated heterocycles. The van der Waals surface area contributed by atoms with Crippen LogP contribution in [0.25, 0.3) is 0 Å². The summed E-state index contributed by atoms with van der Waals surface area (Å²) in [5.41, 5.74) is 4.36. The van der Waals surface area contributed by atoms with Crippen LogP contribution in [0.15, 0.2) is 36.4 Å². The van der Waals surface area contributed by atoms with Crippen LogP contribution in [0.3, 0.4) is 0 Å². The summed E-state index contributed by atoms with van der Waals surface area (Å²) < 4.78 is 10.9. The van der Waals surface area contributed by atoms with E-state index in [0.717, 1.165) is 23.2 Å². The van der Waals surface area contributed by atoms with E-state index in [4.69, 9.17) is 21.7 Å². The zero-order valence-electron chi connectivity index (χ0n) is 17.1. The van der Waals surface area contributed by atoms with Gasteiger partial charge in [0.15, 0.2) is 16.6 Å². The van der Waals surface area contributed by atoms with Crippen LogP contribution in [-0.4, -0.2) is 36.2 Å². The van der Waals surface area contributed by atoms with Crippen LogP contribution >= 0.6 is 12.2 Å². The zero-order chi connectivity index (χ0) is 20.5. The second-order valence-electron chi connectivity index (χ2n) is 7.55. The van der Waals surface area contributed by atoms with E-state index in [1.165, 1.54) is 18.4 Å². The summed E-state index contributed by atoms with van der Waals surface area (Å²) in [5.74, 6) is 1.42. The van der Waals surface area contributed by atoms with E-state index in [1.54, 1.807) is 19.1 Å². The van der Waals surface area contributed by atoms with Gasteiger partial charge in [0.05, 0.1) is 19.9 Å². The van der Waals surface area contributed by atoms with E-state index >= 15 is 0 Å². The van der Waals surface area contributed by atoms with Crippen molar-refractivity contribution < 1.29 is 14.3 Å². The van der Waals surface area contributed by atoms with Crippen molar-refractivity contribution in [2.45, 2.75) is 45.2 Å². The number of hydrogen-bond donors (Lipinski definition) is 0. The first-order valence-corrected chi connectivity index (χ1v) is 10.5. The Morgan fingerprint density at radius 1 is 1.07 bits per heavy atom. The van der Waals surface area contributed by atoms with Gasteiger partial charge in [-0.2, -0.15) is 0 Å². The number of rotatable bonds is 6. The molecule has 1 fully saturated rings. The molecule has 0 bridgehead atoms. The zero-order valence-corrected chi connectivity index (χ0v) is 17.9. The van der Waals surface area contributed by atoms with Crippen molar-refractivity contribution >= 4 is 28.9 Å². The molecule has 1 atom stereocenters. The fourth-order valence-corrected chi connectivity index (χ4v) is 4.52. The molecule has 0 N–H and O–H groups in total. The van der Waals surface area contributed by atoms with Gasteiger partial charge in [0, 0.05) is 13.0 Å². The molecule has 0 aromatic heterocycles. The van der Waals surface area contributed by atoms with Crippen molar-refractivity contribution in [2.75, 3.05) is 19.1 Å². The summed E-state index contributed by atoms with van der Waals surface area (Å²) in [6, 6.07) is 11.9. The van der Waals surface area contributed by atoms with E-state index in [-0.39, 0.29) is 11.9 Å². The second-order valence-corrected chi connectivity index (χ2v) is 7.92. The van der Waals surface area contributed by atoms with Crippen molar-refractivity contribution in [3.05, 3.63) is 53.1 Å². The van der Waals surface area contributed by atoms with Gasteiger partial charge in [-0.25, -0.2) is 0 Å². The van der Waals surface area contributed by atoms with Gasteiger partial charge < -0.3 is 14.4 Å². The largest absolute Gasteiger partial charge is 0.493 e. The first-order valence-electron chi connectivity index (χ1n) is 10.0. The van der Waals surface area contributed by atoms with E-state index in [2.05, 4.69) is 19.1 Å². The second kappa shape index (κ2) is 8.03. The van der Waals surface area contributed by atoms with Gasteiger partial charge in [-0.3, -0.25) is 9.69 Å². The van der Waals surface area contributed by atoms with Crippen molar-refractivity contribution in [3.63, 3.8) is 0 Å². The summed E-state index contributed by atoms with van der Waals surface area (Å²) in [5, 5.41) is 0.571. The van der Waals surface area contributed by atoms with Gasteiger partial charge in [-0.15, -0.1) is 0 Å². The fraction of sp³-hybridized carbons (Fsp3) is 0.391. The minimum atomic E-state index is -0.270. The maximum atomic E-state index is 13.2. The summed E-state index contributed by atoms with van der Waals surface area (Å²) in [4.78, 5) is 16.9. The third-order valence-electron chi connectivity index (χ3n) is 5.79. The molecule has 2 aliphatic rings. The number of anilines is 1. The minimum Gasteiger partial charge on any atom is -0.493 e.